The lowest BCUT2D eigenvalue weighted by atomic mass is 10.1. The Morgan fingerprint density at radius 3 is 2.81 bits per heavy atom. The number of aliphatic hydroxyl groups excluding tert-OH is 1. The van der Waals surface area contributed by atoms with Gasteiger partial charge in [0.1, 0.15) is 0 Å². The first-order chi connectivity index (χ1) is 9.94. The maximum Gasteiger partial charge on any atom is 0.257 e. The fourth-order valence-electron chi connectivity index (χ4n) is 2.03. The van der Waals surface area contributed by atoms with Crippen LogP contribution in [0, 0.1) is 6.92 Å². The van der Waals surface area contributed by atoms with E-state index in [2.05, 4.69) is 15.3 Å². The number of carbonyl (C=O) groups excluding carboxylic acids is 1. The Kier molecular flexibility index (Phi) is 3.48. The third kappa shape index (κ3) is 2.67. The summed E-state index contributed by atoms with van der Waals surface area (Å²) in [5.41, 5.74) is 1.31. The largest absolute Gasteiger partial charge is 0.378 e. The van der Waals surface area contributed by atoms with Gasteiger partial charge in [-0.25, -0.2) is 4.98 Å². The van der Waals surface area contributed by atoms with Crippen molar-refractivity contribution in [1.82, 2.24) is 9.97 Å². The summed E-state index contributed by atoms with van der Waals surface area (Å²) in [5.74, 6) is -0.481. The molecule has 1 aliphatic rings. The molecule has 2 aromatic rings. The van der Waals surface area contributed by atoms with E-state index in [1.54, 1.807) is 13.0 Å². The van der Waals surface area contributed by atoms with Crippen molar-refractivity contribution in [3.05, 3.63) is 44.8 Å². The molecule has 1 aliphatic heterocycles. The summed E-state index contributed by atoms with van der Waals surface area (Å²) in [7, 11) is 0. The highest BCUT2D eigenvalue weighted by Gasteiger charge is 2.29. The van der Waals surface area contributed by atoms with Crippen LogP contribution in [-0.4, -0.2) is 21.0 Å². The number of carbonyl (C=O) groups is 1. The molecule has 6 nitrogen and oxygen atoms in total. The smallest absolute Gasteiger partial charge is 0.257 e. The summed E-state index contributed by atoms with van der Waals surface area (Å²) in [4.78, 5) is 30.3. The number of halogens is 1. The Morgan fingerprint density at radius 2 is 2.10 bits per heavy atom. The van der Waals surface area contributed by atoms with Gasteiger partial charge in [-0.2, -0.15) is 0 Å². The maximum absolute atomic E-state index is 11.4. The quantitative estimate of drug-likeness (QED) is 0.733. The molecule has 0 bridgehead atoms. The predicted molar refractivity (Wildman–Crippen MR) is 78.8 cm³/mol. The highest BCUT2D eigenvalue weighted by molar-refractivity contribution is 7.99. The number of fused-ring (bicyclic) bond motifs is 1. The average Bonchev–Trinajstić information content (AvgIpc) is 2.65. The zero-order valence-electron chi connectivity index (χ0n) is 10.8. The predicted octanol–water partition coefficient (Wildman–Crippen LogP) is 1.87. The summed E-state index contributed by atoms with van der Waals surface area (Å²) in [6.45, 7) is 1.72. The molecule has 1 unspecified atom stereocenters. The molecule has 3 N–H and O–H groups in total. The highest BCUT2D eigenvalue weighted by Crippen LogP contribution is 2.40. The molecule has 0 saturated carbocycles. The van der Waals surface area contributed by atoms with Gasteiger partial charge in [-0.1, -0.05) is 23.4 Å². The van der Waals surface area contributed by atoms with Crippen molar-refractivity contribution < 1.29 is 9.90 Å². The van der Waals surface area contributed by atoms with Crippen LogP contribution in [0.3, 0.4) is 0 Å². The Balaban J connectivity index is 1.99. The second kappa shape index (κ2) is 5.18. The lowest BCUT2D eigenvalue weighted by Crippen LogP contribution is -2.10. The summed E-state index contributed by atoms with van der Waals surface area (Å²) in [6.07, 6.45) is -1.20. The van der Waals surface area contributed by atoms with E-state index in [0.29, 0.717) is 32.0 Å². The molecule has 0 radical (unpaired) electrons. The van der Waals surface area contributed by atoms with Gasteiger partial charge in [0.15, 0.2) is 11.3 Å². The first-order valence-electron chi connectivity index (χ1n) is 6.02. The van der Waals surface area contributed by atoms with Crippen LogP contribution in [0.5, 0.6) is 0 Å². The standard InChI is InChI=1S/C13H10ClN3O3S/c1-5-2-10(18)17-13(15-5)21-9-4-8-6(3-7(9)14)11(19)12(20)16-8/h2-4,11,19H,1H3,(H,16,20)(H,15,17,18). The Hall–Kier alpha value is -1.83. The number of rotatable bonds is 2. The first-order valence-corrected chi connectivity index (χ1v) is 7.21. The molecule has 0 saturated heterocycles. The van der Waals surface area contributed by atoms with Gasteiger partial charge < -0.3 is 15.4 Å². The van der Waals surface area contributed by atoms with Crippen LogP contribution in [0.25, 0.3) is 0 Å². The summed E-state index contributed by atoms with van der Waals surface area (Å²) < 4.78 is 0. The number of nitrogens with one attached hydrogen (secondary N) is 2. The van der Waals surface area contributed by atoms with Crippen LogP contribution in [0.2, 0.25) is 5.02 Å². The molecule has 108 valence electrons. The fourth-order valence-corrected chi connectivity index (χ4v) is 3.20. The van der Waals surface area contributed by atoms with Gasteiger partial charge >= 0.3 is 0 Å². The van der Waals surface area contributed by atoms with E-state index in [9.17, 15) is 14.7 Å². The van der Waals surface area contributed by atoms with Gasteiger partial charge in [0, 0.05) is 27.9 Å². The number of aliphatic hydroxyl groups is 1. The molecular formula is C13H10ClN3O3S. The number of benzene rings is 1. The van der Waals surface area contributed by atoms with Crippen LogP contribution in [0.15, 0.2) is 33.0 Å². The molecule has 1 atom stereocenters. The third-order valence-corrected chi connectivity index (χ3v) is 4.33. The zero-order valence-corrected chi connectivity index (χ0v) is 12.4. The van der Waals surface area contributed by atoms with Crippen molar-refractivity contribution in [3.8, 4) is 0 Å². The van der Waals surface area contributed by atoms with Crippen molar-refractivity contribution in [2.75, 3.05) is 5.32 Å². The minimum Gasteiger partial charge on any atom is -0.378 e. The van der Waals surface area contributed by atoms with Gasteiger partial charge in [0.25, 0.3) is 11.5 Å². The van der Waals surface area contributed by atoms with Crippen LogP contribution in [-0.2, 0) is 4.79 Å². The SMILES string of the molecule is Cc1cc(=O)[nH]c(Sc2cc3c(cc2Cl)C(O)C(=O)N3)n1. The molecule has 0 fully saturated rings. The van der Waals surface area contributed by atoms with Crippen LogP contribution in [0.1, 0.15) is 17.4 Å². The van der Waals surface area contributed by atoms with Gasteiger partial charge in [-0.05, 0) is 19.1 Å². The van der Waals surface area contributed by atoms with Gasteiger partial charge in [0.05, 0.1) is 5.02 Å². The summed E-state index contributed by atoms with van der Waals surface area (Å²) >= 11 is 7.34. The molecule has 0 spiro atoms. The normalized spacial score (nSPS) is 16.7. The molecule has 8 heteroatoms. The molecule has 1 aromatic heterocycles. The number of aryl methyl sites for hydroxylation is 1. The topological polar surface area (TPSA) is 95.1 Å². The minimum atomic E-state index is -1.20. The van der Waals surface area contributed by atoms with E-state index < -0.39 is 12.0 Å². The van der Waals surface area contributed by atoms with E-state index in [1.807, 2.05) is 0 Å². The third-order valence-electron chi connectivity index (χ3n) is 2.96. The number of amides is 1. The molecule has 1 amide bonds. The van der Waals surface area contributed by atoms with E-state index in [-0.39, 0.29) is 5.56 Å². The zero-order chi connectivity index (χ0) is 15.1. The molecular weight excluding hydrogens is 314 g/mol. The lowest BCUT2D eigenvalue weighted by Gasteiger charge is -2.07. The Bertz CT molecular complexity index is 806. The van der Waals surface area contributed by atoms with Crippen LogP contribution >= 0.6 is 23.4 Å². The second-order valence-corrected chi connectivity index (χ2v) is 5.99. The molecule has 3 rings (SSSR count). The molecule has 1 aromatic carbocycles. The van der Waals surface area contributed by atoms with Crippen molar-refractivity contribution in [3.63, 3.8) is 0 Å². The lowest BCUT2D eigenvalue weighted by molar-refractivity contribution is -0.123. The molecule has 2 heterocycles. The maximum atomic E-state index is 11.4. The first kappa shape index (κ1) is 14.1. The number of aromatic nitrogens is 2. The number of H-pyrrole nitrogens is 1. The Morgan fingerprint density at radius 1 is 1.33 bits per heavy atom. The van der Waals surface area contributed by atoms with E-state index in [1.165, 1.54) is 23.9 Å². The van der Waals surface area contributed by atoms with E-state index in [4.69, 9.17) is 11.6 Å². The number of hydrogen-bond acceptors (Lipinski definition) is 5. The monoisotopic (exact) mass is 323 g/mol. The van der Waals surface area contributed by atoms with E-state index >= 15 is 0 Å². The fraction of sp³-hybridized carbons (Fsp3) is 0.154. The van der Waals surface area contributed by atoms with Gasteiger partial charge in [-0.3, -0.25) is 9.59 Å². The highest BCUT2D eigenvalue weighted by atomic mass is 35.5. The molecule has 0 aliphatic carbocycles. The number of hydrogen-bond donors (Lipinski definition) is 3. The second-order valence-electron chi connectivity index (χ2n) is 4.56. The van der Waals surface area contributed by atoms with E-state index in [0.717, 1.165) is 0 Å². The average molecular weight is 324 g/mol. The van der Waals surface area contributed by atoms with Gasteiger partial charge in [0.2, 0.25) is 0 Å². The number of nitrogens with zero attached hydrogens (tertiary/aromatic N) is 1. The van der Waals surface area contributed by atoms with Crippen molar-refractivity contribution in [1.29, 1.82) is 0 Å². The van der Waals surface area contributed by atoms with Crippen LogP contribution in [0.4, 0.5) is 5.69 Å². The Labute approximate surface area is 128 Å². The number of anilines is 1. The number of aromatic amines is 1. The van der Waals surface area contributed by atoms with Gasteiger partial charge in [-0.15, -0.1) is 0 Å². The van der Waals surface area contributed by atoms with Crippen molar-refractivity contribution >= 4 is 35.0 Å². The summed E-state index contributed by atoms with van der Waals surface area (Å²) in [5, 5.41) is 13.0. The van der Waals surface area contributed by atoms with Crippen molar-refractivity contribution in [2.45, 2.75) is 23.1 Å². The summed E-state index contributed by atoms with van der Waals surface area (Å²) in [6, 6.07) is 4.58. The molecule has 21 heavy (non-hydrogen) atoms. The van der Waals surface area contributed by atoms with Crippen LogP contribution < -0.4 is 10.9 Å². The van der Waals surface area contributed by atoms with Crippen molar-refractivity contribution in [2.24, 2.45) is 0 Å². The minimum absolute atomic E-state index is 0.244.